The van der Waals surface area contributed by atoms with Gasteiger partial charge in [0.15, 0.2) is 0 Å². The molecule has 0 aliphatic rings. The van der Waals surface area contributed by atoms with E-state index in [-0.39, 0.29) is 5.82 Å². The van der Waals surface area contributed by atoms with E-state index in [9.17, 15) is 4.39 Å². The van der Waals surface area contributed by atoms with Crippen LogP contribution < -0.4 is 0 Å². The van der Waals surface area contributed by atoms with E-state index in [1.54, 1.807) is 18.2 Å². The van der Waals surface area contributed by atoms with Crippen molar-refractivity contribution in [2.45, 2.75) is 0 Å². The summed E-state index contributed by atoms with van der Waals surface area (Å²) in [6.07, 6.45) is 1.36. The second-order valence-electron chi connectivity index (χ2n) is 3.45. The third-order valence-corrected chi connectivity index (χ3v) is 2.60. The van der Waals surface area contributed by atoms with Gasteiger partial charge in [0.25, 0.3) is 5.78 Å². The summed E-state index contributed by atoms with van der Waals surface area (Å²) in [6, 6.07) is 7.77. The molecule has 0 atom stereocenters. The van der Waals surface area contributed by atoms with Crippen LogP contribution in [0.15, 0.2) is 36.7 Å². The fourth-order valence-electron chi connectivity index (χ4n) is 1.57. The van der Waals surface area contributed by atoms with Crippen molar-refractivity contribution in [3.63, 3.8) is 0 Å². The van der Waals surface area contributed by atoms with E-state index < -0.39 is 0 Å². The van der Waals surface area contributed by atoms with Crippen LogP contribution in [0.2, 0.25) is 5.15 Å². The van der Waals surface area contributed by atoms with Crippen LogP contribution in [0.4, 0.5) is 4.39 Å². The lowest BCUT2D eigenvalue weighted by molar-refractivity contribution is 0.628. The Hall–Kier alpha value is -2.01. The first-order chi connectivity index (χ1) is 8.24. The third kappa shape index (κ3) is 1.74. The molecule has 0 saturated heterocycles. The molecule has 0 amide bonds. The first-order valence-electron chi connectivity index (χ1n) is 4.86. The molecule has 17 heavy (non-hydrogen) atoms. The zero-order chi connectivity index (χ0) is 11.8. The van der Waals surface area contributed by atoms with E-state index in [1.165, 1.54) is 23.0 Å². The Morgan fingerprint density at radius 3 is 2.94 bits per heavy atom. The number of fused-ring (bicyclic) bond motifs is 1. The number of benzene rings is 1. The molecule has 1 aromatic carbocycles. The summed E-state index contributed by atoms with van der Waals surface area (Å²) in [5, 5.41) is 4.29. The van der Waals surface area contributed by atoms with Crippen molar-refractivity contribution < 1.29 is 4.39 Å². The number of rotatable bonds is 1. The Kier molecular flexibility index (Phi) is 2.26. The smallest absolute Gasteiger partial charge is 0.211 e. The van der Waals surface area contributed by atoms with Gasteiger partial charge in [-0.25, -0.2) is 9.37 Å². The van der Waals surface area contributed by atoms with Gasteiger partial charge in [0.1, 0.15) is 17.3 Å². The van der Waals surface area contributed by atoms with Gasteiger partial charge in [-0.1, -0.05) is 23.7 Å². The summed E-state index contributed by atoms with van der Waals surface area (Å²) in [7, 11) is 0. The number of nitrogens with zero attached hydrogens (tertiary/aromatic N) is 4. The first kappa shape index (κ1) is 10.2. The number of aromatic nitrogens is 4. The zero-order valence-corrected chi connectivity index (χ0v) is 9.26. The van der Waals surface area contributed by atoms with E-state index in [2.05, 4.69) is 15.1 Å². The molecule has 3 rings (SSSR count). The molecule has 0 aliphatic carbocycles. The topological polar surface area (TPSA) is 43.1 Å². The molecular formula is C11H6ClFN4. The average molecular weight is 249 g/mol. The summed E-state index contributed by atoms with van der Waals surface area (Å²) in [5.41, 5.74) is 1.22. The molecule has 0 spiro atoms. The number of hydrogen-bond donors (Lipinski definition) is 0. The quantitative estimate of drug-likeness (QED) is 0.622. The summed E-state index contributed by atoms with van der Waals surface area (Å²) in [4.78, 5) is 8.20. The Labute approximate surface area is 101 Å². The lowest BCUT2D eigenvalue weighted by Crippen LogP contribution is -1.95. The molecule has 0 fully saturated rings. The average Bonchev–Trinajstić information content (AvgIpc) is 2.77. The Bertz CT molecular complexity index is 695. The van der Waals surface area contributed by atoms with Gasteiger partial charge in [0, 0.05) is 11.6 Å². The van der Waals surface area contributed by atoms with Crippen LogP contribution >= 0.6 is 11.6 Å². The molecule has 0 N–H and O–H groups in total. The van der Waals surface area contributed by atoms with Gasteiger partial charge in [-0.2, -0.15) is 14.6 Å². The lowest BCUT2D eigenvalue weighted by Gasteiger charge is -2.02. The van der Waals surface area contributed by atoms with Gasteiger partial charge < -0.3 is 0 Å². The summed E-state index contributed by atoms with van der Waals surface area (Å²) in [6.45, 7) is 0. The van der Waals surface area contributed by atoms with Gasteiger partial charge in [0.05, 0.1) is 5.69 Å². The zero-order valence-electron chi connectivity index (χ0n) is 8.51. The molecule has 4 nitrogen and oxygen atoms in total. The minimum Gasteiger partial charge on any atom is -0.211 e. The fraction of sp³-hybridized carbons (Fsp3) is 0. The molecule has 84 valence electrons. The van der Waals surface area contributed by atoms with Crippen LogP contribution in [0.3, 0.4) is 0 Å². The van der Waals surface area contributed by atoms with Crippen LogP contribution in [0.5, 0.6) is 0 Å². The summed E-state index contributed by atoms with van der Waals surface area (Å²) in [5.74, 6) is 0.0681. The SMILES string of the molecule is Fc1cccc(-c2cc(Cl)n3ncnc3n2)c1. The van der Waals surface area contributed by atoms with E-state index in [0.717, 1.165) is 0 Å². The van der Waals surface area contributed by atoms with Crippen molar-refractivity contribution in [2.75, 3.05) is 0 Å². The van der Waals surface area contributed by atoms with E-state index in [1.807, 2.05) is 0 Å². The van der Waals surface area contributed by atoms with Crippen molar-refractivity contribution in [3.05, 3.63) is 47.6 Å². The third-order valence-electron chi connectivity index (χ3n) is 2.33. The minimum absolute atomic E-state index is 0.318. The molecule has 0 radical (unpaired) electrons. The predicted molar refractivity (Wildman–Crippen MR) is 61.2 cm³/mol. The Morgan fingerprint density at radius 1 is 1.24 bits per heavy atom. The van der Waals surface area contributed by atoms with Gasteiger partial charge in [0.2, 0.25) is 0 Å². The van der Waals surface area contributed by atoms with Crippen molar-refractivity contribution >= 4 is 17.4 Å². The Morgan fingerprint density at radius 2 is 2.12 bits per heavy atom. The first-order valence-corrected chi connectivity index (χ1v) is 5.24. The van der Waals surface area contributed by atoms with E-state index >= 15 is 0 Å². The molecule has 0 unspecified atom stereocenters. The molecular weight excluding hydrogens is 243 g/mol. The van der Waals surface area contributed by atoms with Gasteiger partial charge in [-0.3, -0.25) is 0 Å². The van der Waals surface area contributed by atoms with Gasteiger partial charge >= 0.3 is 0 Å². The van der Waals surface area contributed by atoms with Gasteiger partial charge in [-0.15, -0.1) is 0 Å². The largest absolute Gasteiger partial charge is 0.254 e. The highest BCUT2D eigenvalue weighted by molar-refractivity contribution is 6.29. The van der Waals surface area contributed by atoms with Crippen molar-refractivity contribution in [2.24, 2.45) is 0 Å². The maximum absolute atomic E-state index is 13.1. The van der Waals surface area contributed by atoms with Crippen molar-refractivity contribution in [1.29, 1.82) is 0 Å². The molecule has 2 heterocycles. The summed E-state index contributed by atoms with van der Waals surface area (Å²) < 4.78 is 14.5. The molecule has 3 aromatic rings. The van der Waals surface area contributed by atoms with Crippen molar-refractivity contribution in [3.8, 4) is 11.3 Å². The second kappa shape index (κ2) is 3.78. The number of halogens is 2. The predicted octanol–water partition coefficient (Wildman–Crippen LogP) is 2.58. The molecule has 0 saturated carbocycles. The van der Waals surface area contributed by atoms with E-state index in [4.69, 9.17) is 11.6 Å². The Balaban J connectivity index is 2.23. The van der Waals surface area contributed by atoms with E-state index in [0.29, 0.717) is 22.2 Å². The van der Waals surface area contributed by atoms with Crippen LogP contribution in [-0.4, -0.2) is 19.6 Å². The highest BCUT2D eigenvalue weighted by Gasteiger charge is 2.07. The maximum Gasteiger partial charge on any atom is 0.254 e. The van der Waals surface area contributed by atoms with Crippen LogP contribution in [0.1, 0.15) is 0 Å². The van der Waals surface area contributed by atoms with Crippen LogP contribution in [0.25, 0.3) is 17.0 Å². The van der Waals surface area contributed by atoms with Crippen molar-refractivity contribution in [1.82, 2.24) is 19.6 Å². The second-order valence-corrected chi connectivity index (χ2v) is 3.83. The fourth-order valence-corrected chi connectivity index (χ4v) is 1.79. The maximum atomic E-state index is 13.1. The highest BCUT2D eigenvalue weighted by Crippen LogP contribution is 2.21. The monoisotopic (exact) mass is 248 g/mol. The standard InChI is InChI=1S/C11H6ClFN4/c12-10-5-9(7-2-1-3-8(13)4-7)16-11-14-6-15-17(10)11/h1-6H. The van der Waals surface area contributed by atoms with Gasteiger partial charge in [-0.05, 0) is 12.1 Å². The lowest BCUT2D eigenvalue weighted by atomic mass is 10.1. The normalized spacial score (nSPS) is 10.9. The summed E-state index contributed by atoms with van der Waals surface area (Å²) >= 11 is 6.02. The van der Waals surface area contributed by atoms with Crippen LogP contribution in [0, 0.1) is 5.82 Å². The molecule has 2 aromatic heterocycles. The molecule has 6 heteroatoms. The minimum atomic E-state index is -0.318. The van der Waals surface area contributed by atoms with Crippen LogP contribution in [-0.2, 0) is 0 Å². The number of hydrogen-bond acceptors (Lipinski definition) is 3. The highest BCUT2D eigenvalue weighted by atomic mass is 35.5. The molecule has 0 aliphatic heterocycles. The molecule has 0 bridgehead atoms.